The van der Waals surface area contributed by atoms with Gasteiger partial charge in [-0.05, 0) is 17.8 Å². The molecule has 0 spiro atoms. The lowest BCUT2D eigenvalue weighted by Crippen LogP contribution is -2.41. The predicted octanol–water partition coefficient (Wildman–Crippen LogP) is 0.742. The molecule has 0 aliphatic carbocycles. The van der Waals surface area contributed by atoms with E-state index in [-0.39, 0.29) is 17.0 Å². The van der Waals surface area contributed by atoms with Crippen molar-refractivity contribution in [3.05, 3.63) is 16.3 Å². The second kappa shape index (κ2) is 4.44. The number of anilines is 1. The monoisotopic (exact) mass is 242 g/mol. The van der Waals surface area contributed by atoms with E-state index >= 15 is 0 Å². The summed E-state index contributed by atoms with van der Waals surface area (Å²) in [5.41, 5.74) is 0. The van der Waals surface area contributed by atoms with Gasteiger partial charge in [0, 0.05) is 19.0 Å². The summed E-state index contributed by atoms with van der Waals surface area (Å²) in [4.78, 5) is 24.8. The molecule has 1 atom stereocenters. The van der Waals surface area contributed by atoms with Gasteiger partial charge >= 0.3 is 5.00 Å². The van der Waals surface area contributed by atoms with Crippen LogP contribution in [0.15, 0.2) is 6.20 Å². The van der Waals surface area contributed by atoms with E-state index < -0.39 is 4.92 Å². The highest BCUT2D eigenvalue weighted by Gasteiger charge is 2.19. The van der Waals surface area contributed by atoms with Gasteiger partial charge in [-0.25, -0.2) is 4.98 Å². The minimum absolute atomic E-state index is 0.0161. The molecule has 16 heavy (non-hydrogen) atoms. The minimum atomic E-state index is -0.467. The van der Waals surface area contributed by atoms with E-state index in [2.05, 4.69) is 15.6 Å². The maximum absolute atomic E-state index is 10.9. The molecular formula is C8H10N4O3S. The van der Waals surface area contributed by atoms with E-state index in [1.165, 1.54) is 6.20 Å². The number of aromatic nitrogens is 1. The van der Waals surface area contributed by atoms with Gasteiger partial charge in [-0.3, -0.25) is 14.9 Å². The summed E-state index contributed by atoms with van der Waals surface area (Å²) in [7, 11) is 0. The zero-order chi connectivity index (χ0) is 11.5. The largest absolute Gasteiger partial charge is 0.357 e. The SMILES string of the molecule is O=C1CCC(Nc2ncc([N+](=O)[O-])s2)CN1. The quantitative estimate of drug-likeness (QED) is 0.602. The maximum Gasteiger partial charge on any atom is 0.345 e. The van der Waals surface area contributed by atoms with Gasteiger partial charge in [0.25, 0.3) is 0 Å². The number of carbonyl (C=O) groups excluding carboxylic acids is 1. The molecule has 0 bridgehead atoms. The topological polar surface area (TPSA) is 97.2 Å². The van der Waals surface area contributed by atoms with Crippen molar-refractivity contribution in [3.8, 4) is 0 Å². The van der Waals surface area contributed by atoms with E-state index in [1.807, 2.05) is 0 Å². The van der Waals surface area contributed by atoms with Gasteiger partial charge in [-0.15, -0.1) is 0 Å². The Hall–Kier alpha value is -1.70. The Morgan fingerprint density at radius 1 is 1.69 bits per heavy atom. The van der Waals surface area contributed by atoms with Crippen molar-refractivity contribution in [2.24, 2.45) is 0 Å². The molecule has 1 saturated heterocycles. The number of thiazole rings is 1. The van der Waals surface area contributed by atoms with Gasteiger partial charge in [0.2, 0.25) is 5.91 Å². The van der Waals surface area contributed by atoms with Crippen LogP contribution >= 0.6 is 11.3 Å². The first-order valence-corrected chi connectivity index (χ1v) is 5.60. The Kier molecular flexibility index (Phi) is 3.00. The van der Waals surface area contributed by atoms with Crippen LogP contribution in [0.4, 0.5) is 10.1 Å². The number of hydrogen-bond donors (Lipinski definition) is 2. The second-order valence-corrected chi connectivity index (χ2v) is 4.45. The predicted molar refractivity (Wildman–Crippen MR) is 58.4 cm³/mol. The normalized spacial score (nSPS) is 20.2. The number of rotatable bonds is 3. The highest BCUT2D eigenvalue weighted by molar-refractivity contribution is 7.18. The van der Waals surface area contributed by atoms with Crippen LogP contribution < -0.4 is 10.6 Å². The third-order valence-electron chi connectivity index (χ3n) is 2.27. The molecule has 0 radical (unpaired) electrons. The molecule has 2 heterocycles. The van der Waals surface area contributed by atoms with E-state index in [0.29, 0.717) is 18.1 Å². The maximum atomic E-state index is 10.9. The van der Waals surface area contributed by atoms with Crippen molar-refractivity contribution in [2.45, 2.75) is 18.9 Å². The lowest BCUT2D eigenvalue weighted by atomic mass is 10.1. The highest BCUT2D eigenvalue weighted by Crippen LogP contribution is 2.26. The minimum Gasteiger partial charge on any atom is -0.357 e. The third kappa shape index (κ3) is 2.45. The first-order chi connectivity index (χ1) is 7.65. The molecule has 0 aromatic carbocycles. The number of hydrogen-bond acceptors (Lipinski definition) is 6. The smallest absolute Gasteiger partial charge is 0.345 e. The first-order valence-electron chi connectivity index (χ1n) is 4.78. The Morgan fingerprint density at radius 3 is 3.06 bits per heavy atom. The molecule has 1 aromatic rings. The number of carbonyl (C=O) groups is 1. The van der Waals surface area contributed by atoms with Gasteiger partial charge in [0.05, 0.1) is 4.92 Å². The Balaban J connectivity index is 1.93. The number of nitrogens with one attached hydrogen (secondary N) is 2. The Labute approximate surface area is 95.0 Å². The number of nitrogens with zero attached hydrogens (tertiary/aromatic N) is 2. The molecule has 0 saturated carbocycles. The molecule has 1 unspecified atom stereocenters. The Morgan fingerprint density at radius 2 is 2.50 bits per heavy atom. The van der Waals surface area contributed by atoms with Crippen molar-refractivity contribution in [2.75, 3.05) is 11.9 Å². The van der Waals surface area contributed by atoms with E-state index in [1.54, 1.807) is 0 Å². The number of nitro groups is 1. The van der Waals surface area contributed by atoms with Crippen LogP contribution in [0.1, 0.15) is 12.8 Å². The van der Waals surface area contributed by atoms with Crippen molar-refractivity contribution in [1.82, 2.24) is 10.3 Å². The van der Waals surface area contributed by atoms with Crippen LogP contribution in [0.5, 0.6) is 0 Å². The zero-order valence-corrected chi connectivity index (χ0v) is 9.12. The van der Waals surface area contributed by atoms with Crippen molar-refractivity contribution in [3.63, 3.8) is 0 Å². The molecule has 7 nitrogen and oxygen atoms in total. The molecule has 1 aromatic heterocycles. The summed E-state index contributed by atoms with van der Waals surface area (Å²) in [5, 5.41) is 16.8. The van der Waals surface area contributed by atoms with Crippen LogP contribution in [-0.2, 0) is 4.79 Å². The number of piperidine rings is 1. The summed E-state index contributed by atoms with van der Waals surface area (Å²) in [6.45, 7) is 0.534. The first kappa shape index (κ1) is 10.8. The summed E-state index contributed by atoms with van der Waals surface area (Å²) in [6, 6.07) is 0.100. The fourth-order valence-corrected chi connectivity index (χ4v) is 2.16. The highest BCUT2D eigenvalue weighted by atomic mass is 32.1. The fraction of sp³-hybridized carbons (Fsp3) is 0.500. The average Bonchev–Trinajstić information content (AvgIpc) is 2.70. The van der Waals surface area contributed by atoms with Crippen molar-refractivity contribution in [1.29, 1.82) is 0 Å². The van der Waals surface area contributed by atoms with Gasteiger partial charge < -0.3 is 10.6 Å². The van der Waals surface area contributed by atoms with E-state index in [9.17, 15) is 14.9 Å². The molecule has 86 valence electrons. The summed E-state index contributed by atoms with van der Waals surface area (Å²) >= 11 is 1.00. The van der Waals surface area contributed by atoms with Crippen LogP contribution in [0, 0.1) is 10.1 Å². The van der Waals surface area contributed by atoms with E-state index in [0.717, 1.165) is 17.8 Å². The van der Waals surface area contributed by atoms with Crippen LogP contribution in [0.2, 0.25) is 0 Å². The average molecular weight is 242 g/mol. The molecular weight excluding hydrogens is 232 g/mol. The van der Waals surface area contributed by atoms with Crippen LogP contribution in [0.3, 0.4) is 0 Å². The van der Waals surface area contributed by atoms with Crippen molar-refractivity contribution < 1.29 is 9.72 Å². The molecule has 1 fully saturated rings. The molecule has 8 heteroatoms. The number of amides is 1. The van der Waals surface area contributed by atoms with Crippen molar-refractivity contribution >= 4 is 27.4 Å². The zero-order valence-electron chi connectivity index (χ0n) is 8.30. The van der Waals surface area contributed by atoms with Crippen LogP contribution in [-0.4, -0.2) is 28.4 Å². The van der Waals surface area contributed by atoms with Crippen LogP contribution in [0.25, 0.3) is 0 Å². The van der Waals surface area contributed by atoms with Gasteiger partial charge in [-0.1, -0.05) is 0 Å². The summed E-state index contributed by atoms with van der Waals surface area (Å²) in [5.74, 6) is 0.0446. The van der Waals surface area contributed by atoms with Gasteiger partial charge in [-0.2, -0.15) is 0 Å². The van der Waals surface area contributed by atoms with E-state index in [4.69, 9.17) is 0 Å². The molecule has 2 rings (SSSR count). The molecule has 2 N–H and O–H groups in total. The Bertz CT molecular complexity index is 409. The standard InChI is InChI=1S/C8H10N4O3S/c13-6-2-1-5(3-9-6)11-8-10-4-7(16-8)12(14)15/h4-5H,1-3H2,(H,9,13)(H,10,11). The lowest BCUT2D eigenvalue weighted by Gasteiger charge is -2.22. The molecule has 1 aliphatic rings. The lowest BCUT2D eigenvalue weighted by molar-refractivity contribution is -0.380. The molecule has 1 aliphatic heterocycles. The fourth-order valence-electron chi connectivity index (χ4n) is 1.45. The summed E-state index contributed by atoms with van der Waals surface area (Å²) < 4.78 is 0. The summed E-state index contributed by atoms with van der Waals surface area (Å²) in [6.07, 6.45) is 2.43. The van der Waals surface area contributed by atoms with Gasteiger partial charge in [0.15, 0.2) is 5.13 Å². The molecule has 1 amide bonds. The van der Waals surface area contributed by atoms with Gasteiger partial charge in [0.1, 0.15) is 6.20 Å². The second-order valence-electron chi connectivity index (χ2n) is 3.44. The third-order valence-corrected chi connectivity index (χ3v) is 3.15.